The maximum absolute atomic E-state index is 13.8. The molecule has 40 heavy (non-hydrogen) atoms. The monoisotopic (exact) mass is 536 g/mol. The molecule has 0 spiro atoms. The number of benzene rings is 3. The highest BCUT2D eigenvalue weighted by atomic mass is 16.4. The maximum atomic E-state index is 13.8. The summed E-state index contributed by atoms with van der Waals surface area (Å²) in [5.41, 5.74) is 9.54. The van der Waals surface area contributed by atoms with E-state index in [2.05, 4.69) is 34.5 Å². The molecule has 1 atom stereocenters. The number of amides is 1. The van der Waals surface area contributed by atoms with Gasteiger partial charge in [-0.25, -0.2) is 4.68 Å². The van der Waals surface area contributed by atoms with Gasteiger partial charge in [-0.05, 0) is 65.3 Å². The normalized spacial score (nSPS) is 14.1. The average molecular weight is 537 g/mol. The van der Waals surface area contributed by atoms with Crippen LogP contribution >= 0.6 is 0 Å². The molecule has 9 nitrogen and oxygen atoms in total. The lowest BCUT2D eigenvalue weighted by atomic mass is 9.83. The van der Waals surface area contributed by atoms with Gasteiger partial charge in [-0.3, -0.25) is 14.3 Å². The van der Waals surface area contributed by atoms with Crippen LogP contribution in [0.4, 0.5) is 0 Å². The van der Waals surface area contributed by atoms with E-state index in [0.717, 1.165) is 57.0 Å². The predicted molar refractivity (Wildman–Crippen MR) is 152 cm³/mol. The summed E-state index contributed by atoms with van der Waals surface area (Å²) in [6, 6.07) is 14.1. The number of hydrogen-bond acceptors (Lipinski definition) is 5. The summed E-state index contributed by atoms with van der Waals surface area (Å²) in [7, 11) is 3.75. The zero-order valence-corrected chi connectivity index (χ0v) is 23.2. The van der Waals surface area contributed by atoms with Crippen LogP contribution in [0.15, 0.2) is 48.7 Å². The van der Waals surface area contributed by atoms with Crippen LogP contribution in [0.2, 0.25) is 0 Å². The highest BCUT2D eigenvalue weighted by Gasteiger charge is 2.27. The molecule has 0 saturated heterocycles. The Balaban J connectivity index is 1.35. The predicted octanol–water partition coefficient (Wildman–Crippen LogP) is 4.53. The van der Waals surface area contributed by atoms with Crippen LogP contribution < -0.4 is 0 Å². The van der Waals surface area contributed by atoms with Crippen molar-refractivity contribution in [1.82, 2.24) is 29.7 Å². The summed E-state index contributed by atoms with van der Waals surface area (Å²) in [4.78, 5) is 27.7. The fourth-order valence-corrected chi connectivity index (χ4v) is 6.19. The number of aromatic nitrogens is 5. The van der Waals surface area contributed by atoms with E-state index in [9.17, 15) is 14.7 Å². The Hall–Kier alpha value is -4.53. The minimum Gasteiger partial charge on any atom is -0.481 e. The summed E-state index contributed by atoms with van der Waals surface area (Å²) < 4.78 is 3.56. The Morgan fingerprint density at radius 3 is 2.65 bits per heavy atom. The van der Waals surface area contributed by atoms with Crippen molar-refractivity contribution in [3.05, 3.63) is 87.6 Å². The fraction of sp³-hybridized carbons (Fsp3) is 0.323. The molecule has 0 bridgehead atoms. The average Bonchev–Trinajstić information content (AvgIpc) is 3.54. The summed E-state index contributed by atoms with van der Waals surface area (Å²) in [6.07, 6.45) is 3.35. The van der Waals surface area contributed by atoms with Crippen molar-refractivity contribution in [1.29, 1.82) is 0 Å². The molecule has 1 aliphatic heterocycles. The van der Waals surface area contributed by atoms with E-state index in [1.54, 1.807) is 10.9 Å². The third-order valence-corrected chi connectivity index (χ3v) is 8.36. The van der Waals surface area contributed by atoms with Gasteiger partial charge in [0.1, 0.15) is 5.52 Å². The number of carbonyl (C=O) groups is 2. The lowest BCUT2D eigenvalue weighted by molar-refractivity contribution is -0.137. The molecule has 5 aromatic rings. The van der Waals surface area contributed by atoms with Crippen LogP contribution in [-0.2, 0) is 38.3 Å². The fourth-order valence-electron chi connectivity index (χ4n) is 6.19. The first-order valence-corrected chi connectivity index (χ1v) is 13.6. The number of rotatable bonds is 6. The minimum atomic E-state index is -0.866. The first-order valence-electron chi connectivity index (χ1n) is 13.6. The summed E-state index contributed by atoms with van der Waals surface area (Å²) in [5.74, 6) is -1.23. The lowest BCUT2D eigenvalue weighted by Gasteiger charge is -2.30. The lowest BCUT2D eigenvalue weighted by Crippen LogP contribution is -2.36. The number of carboxylic acid groups (broad SMARTS) is 1. The van der Waals surface area contributed by atoms with Crippen LogP contribution in [0.1, 0.15) is 63.0 Å². The molecule has 0 radical (unpaired) electrons. The van der Waals surface area contributed by atoms with Crippen LogP contribution in [0.5, 0.6) is 0 Å². The topological polar surface area (TPSA) is 106 Å². The number of carbonyl (C=O) groups excluding carboxylic acids is 1. The molecule has 9 heteroatoms. The van der Waals surface area contributed by atoms with Crippen molar-refractivity contribution in [2.45, 2.75) is 45.6 Å². The molecule has 1 N–H and O–H groups in total. The number of hydrogen-bond donors (Lipinski definition) is 1. The van der Waals surface area contributed by atoms with E-state index < -0.39 is 5.97 Å². The van der Waals surface area contributed by atoms with Gasteiger partial charge in [0, 0.05) is 38.5 Å². The van der Waals surface area contributed by atoms with Crippen molar-refractivity contribution in [2.24, 2.45) is 14.1 Å². The van der Waals surface area contributed by atoms with Gasteiger partial charge >= 0.3 is 5.97 Å². The molecule has 1 unspecified atom stereocenters. The van der Waals surface area contributed by atoms with E-state index in [1.807, 2.05) is 60.9 Å². The van der Waals surface area contributed by atoms with Gasteiger partial charge in [0.2, 0.25) is 0 Å². The third-order valence-electron chi connectivity index (χ3n) is 8.36. The Kier molecular flexibility index (Phi) is 6.37. The smallest absolute Gasteiger partial charge is 0.304 e. The molecular weight excluding hydrogens is 504 g/mol. The van der Waals surface area contributed by atoms with Crippen molar-refractivity contribution < 1.29 is 14.7 Å². The first kappa shape index (κ1) is 25.7. The van der Waals surface area contributed by atoms with Gasteiger partial charge in [-0.1, -0.05) is 42.5 Å². The van der Waals surface area contributed by atoms with Crippen molar-refractivity contribution in [2.75, 3.05) is 6.54 Å². The number of fused-ring (bicyclic) bond motifs is 3. The van der Waals surface area contributed by atoms with E-state index in [4.69, 9.17) is 0 Å². The Morgan fingerprint density at radius 2 is 1.88 bits per heavy atom. The van der Waals surface area contributed by atoms with E-state index in [0.29, 0.717) is 18.7 Å². The van der Waals surface area contributed by atoms with Crippen LogP contribution in [0, 0.1) is 6.92 Å². The molecule has 3 heterocycles. The molecule has 1 aliphatic rings. The van der Waals surface area contributed by atoms with Crippen LogP contribution in [0.25, 0.3) is 21.9 Å². The molecule has 0 saturated carbocycles. The van der Waals surface area contributed by atoms with Crippen molar-refractivity contribution in [3.8, 4) is 0 Å². The molecular formula is C31H32N6O3. The second-order valence-corrected chi connectivity index (χ2v) is 10.7. The number of carboxylic acids is 1. The molecule has 3 aromatic carbocycles. The summed E-state index contributed by atoms with van der Waals surface area (Å²) in [5, 5.41) is 23.6. The van der Waals surface area contributed by atoms with Crippen molar-refractivity contribution in [3.63, 3.8) is 0 Å². The highest BCUT2D eigenvalue weighted by molar-refractivity contribution is 6.07. The van der Waals surface area contributed by atoms with Crippen molar-refractivity contribution >= 4 is 33.8 Å². The van der Waals surface area contributed by atoms with Crippen LogP contribution in [-0.4, -0.2) is 53.2 Å². The number of nitrogens with zero attached hydrogens (tertiary/aromatic N) is 6. The van der Waals surface area contributed by atoms with Crippen LogP contribution in [0.3, 0.4) is 0 Å². The van der Waals surface area contributed by atoms with Gasteiger partial charge in [0.15, 0.2) is 0 Å². The SMILES string of the molecule is CCc1ccc(C(=O)N2CCc3ccc(C(CC(=O)O)c4ccc5c(nnn5C)c4C)cc3C2)c2cnn(C)c12. The standard InChI is InChI=1S/C31H32N6O3/c1-5-19-8-9-24(26-16-32-36(4)30(19)26)31(40)37-13-12-20-6-7-21(14-22(20)17-37)25(15-28(38)39)23-10-11-27-29(18(23)2)33-34-35(27)3/h6-11,14,16,25H,5,12-13,15,17H2,1-4H3,(H,38,39). The number of aryl methyl sites for hydroxylation is 4. The van der Waals surface area contributed by atoms with Gasteiger partial charge in [0.05, 0.1) is 29.2 Å². The maximum Gasteiger partial charge on any atom is 0.304 e. The first-order chi connectivity index (χ1) is 19.3. The highest BCUT2D eigenvalue weighted by Crippen LogP contribution is 2.35. The second-order valence-electron chi connectivity index (χ2n) is 10.7. The third kappa shape index (κ3) is 4.22. The molecule has 204 valence electrons. The zero-order chi connectivity index (χ0) is 28.1. The Bertz CT molecular complexity index is 1800. The minimum absolute atomic E-state index is 0.0114. The Labute approximate surface area is 232 Å². The molecule has 0 fully saturated rings. The quantitative estimate of drug-likeness (QED) is 0.342. The summed E-state index contributed by atoms with van der Waals surface area (Å²) >= 11 is 0. The second kappa shape index (κ2) is 9.89. The largest absolute Gasteiger partial charge is 0.481 e. The summed E-state index contributed by atoms with van der Waals surface area (Å²) in [6.45, 7) is 5.18. The van der Waals surface area contributed by atoms with Gasteiger partial charge in [0.25, 0.3) is 5.91 Å². The van der Waals surface area contributed by atoms with E-state index in [-0.39, 0.29) is 18.2 Å². The molecule has 6 rings (SSSR count). The van der Waals surface area contributed by atoms with Gasteiger partial charge in [-0.2, -0.15) is 5.10 Å². The van der Waals surface area contributed by atoms with Gasteiger partial charge < -0.3 is 10.0 Å². The van der Waals surface area contributed by atoms with E-state index >= 15 is 0 Å². The molecule has 1 amide bonds. The Morgan fingerprint density at radius 1 is 1.05 bits per heavy atom. The van der Waals surface area contributed by atoms with E-state index in [1.165, 1.54) is 11.1 Å². The zero-order valence-electron chi connectivity index (χ0n) is 23.2. The van der Waals surface area contributed by atoms with Gasteiger partial charge in [-0.15, -0.1) is 5.10 Å². The molecule has 2 aromatic heterocycles. The number of aliphatic carboxylic acids is 1. The molecule has 0 aliphatic carbocycles.